The summed E-state index contributed by atoms with van der Waals surface area (Å²) >= 11 is 0. The molecule has 1 aliphatic carbocycles. The van der Waals surface area contributed by atoms with Gasteiger partial charge in [-0.1, -0.05) is 13.0 Å². The Bertz CT molecular complexity index is 513. The molecule has 1 aromatic rings. The van der Waals surface area contributed by atoms with Crippen molar-refractivity contribution in [3.8, 4) is 0 Å². The number of amides is 1. The van der Waals surface area contributed by atoms with Crippen LogP contribution in [0.5, 0.6) is 0 Å². The summed E-state index contributed by atoms with van der Waals surface area (Å²) < 4.78 is 0. The van der Waals surface area contributed by atoms with Crippen molar-refractivity contribution in [2.45, 2.75) is 39.2 Å². The summed E-state index contributed by atoms with van der Waals surface area (Å²) in [5, 5.41) is 13.7. The molecule has 1 N–H and O–H groups in total. The molecule has 1 fully saturated rings. The minimum absolute atomic E-state index is 0.0458. The topological polar surface area (TPSA) is 72.2 Å². The molecule has 2 rings (SSSR count). The highest BCUT2D eigenvalue weighted by Gasteiger charge is 2.24. The quantitative estimate of drug-likeness (QED) is 0.672. The maximum atomic E-state index is 12.2. The molecule has 0 aromatic heterocycles. The highest BCUT2D eigenvalue weighted by atomic mass is 16.6. The molecule has 1 aromatic carbocycles. The fourth-order valence-electron chi connectivity index (χ4n) is 2.57. The molecule has 5 heteroatoms. The molecule has 0 spiro atoms. The van der Waals surface area contributed by atoms with Gasteiger partial charge in [-0.05, 0) is 37.7 Å². The summed E-state index contributed by atoms with van der Waals surface area (Å²) in [5.41, 5.74) is 1.11. The summed E-state index contributed by atoms with van der Waals surface area (Å²) in [6.45, 7) is 3.96. The lowest BCUT2D eigenvalue weighted by atomic mass is 10.1. The first-order chi connectivity index (χ1) is 8.97. The molecule has 0 radical (unpaired) electrons. The van der Waals surface area contributed by atoms with Crippen molar-refractivity contribution in [3.63, 3.8) is 0 Å². The first-order valence-electron chi connectivity index (χ1n) is 6.53. The summed E-state index contributed by atoms with van der Waals surface area (Å²) in [6, 6.07) is 4.58. The first kappa shape index (κ1) is 13.5. The SMILES string of the molecule is Cc1ccc([N+](=O)[O-])cc1C(=O)NC1CCC(C)C1. The normalized spacial score (nSPS) is 22.2. The zero-order valence-electron chi connectivity index (χ0n) is 11.2. The Balaban J connectivity index is 2.14. The van der Waals surface area contributed by atoms with Crippen molar-refractivity contribution in [2.75, 3.05) is 0 Å². The van der Waals surface area contributed by atoms with E-state index in [0.29, 0.717) is 11.5 Å². The molecular weight excluding hydrogens is 244 g/mol. The molecule has 102 valence electrons. The Morgan fingerprint density at radius 2 is 2.16 bits per heavy atom. The van der Waals surface area contributed by atoms with E-state index in [2.05, 4.69) is 12.2 Å². The number of carbonyl (C=O) groups excluding carboxylic acids is 1. The predicted octanol–water partition coefficient (Wildman–Crippen LogP) is 2.82. The van der Waals surface area contributed by atoms with Crippen LogP contribution in [0, 0.1) is 23.0 Å². The number of aryl methyl sites for hydroxylation is 1. The molecule has 19 heavy (non-hydrogen) atoms. The van der Waals surface area contributed by atoms with Crippen LogP contribution < -0.4 is 5.32 Å². The van der Waals surface area contributed by atoms with Crippen molar-refractivity contribution in [2.24, 2.45) is 5.92 Å². The third-order valence-electron chi connectivity index (χ3n) is 3.71. The third kappa shape index (κ3) is 3.10. The van der Waals surface area contributed by atoms with Crippen LogP contribution >= 0.6 is 0 Å². The van der Waals surface area contributed by atoms with Gasteiger partial charge in [0.05, 0.1) is 4.92 Å². The smallest absolute Gasteiger partial charge is 0.270 e. The van der Waals surface area contributed by atoms with Gasteiger partial charge in [0.15, 0.2) is 0 Å². The van der Waals surface area contributed by atoms with E-state index in [1.807, 2.05) is 0 Å². The standard InChI is InChI=1S/C14H18N2O3/c1-9-3-5-11(7-9)15-14(17)13-8-12(16(18)19)6-4-10(13)2/h4,6,8-9,11H,3,5,7H2,1-2H3,(H,15,17). The van der Waals surface area contributed by atoms with Gasteiger partial charge in [0.1, 0.15) is 0 Å². The number of carbonyl (C=O) groups is 1. The van der Waals surface area contributed by atoms with Crippen LogP contribution in [0.15, 0.2) is 18.2 Å². The molecule has 0 heterocycles. The van der Waals surface area contributed by atoms with Gasteiger partial charge in [0.25, 0.3) is 11.6 Å². The largest absolute Gasteiger partial charge is 0.349 e. The van der Waals surface area contributed by atoms with Gasteiger partial charge >= 0.3 is 0 Å². The van der Waals surface area contributed by atoms with E-state index >= 15 is 0 Å². The lowest BCUT2D eigenvalue weighted by Crippen LogP contribution is -2.33. The predicted molar refractivity (Wildman–Crippen MR) is 72.1 cm³/mol. The van der Waals surface area contributed by atoms with Gasteiger partial charge in [0, 0.05) is 23.7 Å². The summed E-state index contributed by atoms with van der Waals surface area (Å²) in [5.74, 6) is 0.428. The summed E-state index contributed by atoms with van der Waals surface area (Å²) in [6.07, 6.45) is 3.10. The second kappa shape index (κ2) is 5.38. The summed E-state index contributed by atoms with van der Waals surface area (Å²) in [7, 11) is 0. The van der Waals surface area contributed by atoms with E-state index in [1.54, 1.807) is 13.0 Å². The molecular formula is C14H18N2O3. The molecule has 0 aliphatic heterocycles. The van der Waals surface area contributed by atoms with Crippen molar-refractivity contribution >= 4 is 11.6 Å². The Labute approximate surface area is 112 Å². The van der Waals surface area contributed by atoms with E-state index in [0.717, 1.165) is 24.8 Å². The molecule has 0 bridgehead atoms. The van der Waals surface area contributed by atoms with Crippen LogP contribution in [-0.4, -0.2) is 16.9 Å². The fourth-order valence-corrected chi connectivity index (χ4v) is 2.57. The van der Waals surface area contributed by atoms with E-state index in [4.69, 9.17) is 0 Å². The number of nitro benzene ring substituents is 1. The molecule has 2 unspecified atom stereocenters. The lowest BCUT2D eigenvalue weighted by molar-refractivity contribution is -0.384. The van der Waals surface area contributed by atoms with Crippen LogP contribution in [0.4, 0.5) is 5.69 Å². The van der Waals surface area contributed by atoms with Crippen LogP contribution in [0.1, 0.15) is 42.1 Å². The monoisotopic (exact) mass is 262 g/mol. The van der Waals surface area contributed by atoms with Gasteiger partial charge in [-0.2, -0.15) is 0 Å². The lowest BCUT2D eigenvalue weighted by Gasteiger charge is -2.13. The second-order valence-electron chi connectivity index (χ2n) is 5.34. The van der Waals surface area contributed by atoms with E-state index in [-0.39, 0.29) is 17.6 Å². The molecule has 1 aliphatic rings. The van der Waals surface area contributed by atoms with Gasteiger partial charge < -0.3 is 5.32 Å². The minimum atomic E-state index is -0.478. The van der Waals surface area contributed by atoms with E-state index in [1.165, 1.54) is 12.1 Å². The van der Waals surface area contributed by atoms with E-state index < -0.39 is 4.92 Å². The number of hydrogen-bond donors (Lipinski definition) is 1. The Morgan fingerprint density at radius 1 is 1.42 bits per heavy atom. The van der Waals surface area contributed by atoms with Crippen molar-refractivity contribution in [1.82, 2.24) is 5.32 Å². The fraction of sp³-hybridized carbons (Fsp3) is 0.500. The van der Waals surface area contributed by atoms with Gasteiger partial charge in [-0.25, -0.2) is 0 Å². The van der Waals surface area contributed by atoms with Crippen LogP contribution in [-0.2, 0) is 0 Å². The maximum Gasteiger partial charge on any atom is 0.270 e. The second-order valence-corrected chi connectivity index (χ2v) is 5.34. The third-order valence-corrected chi connectivity index (χ3v) is 3.71. The average molecular weight is 262 g/mol. The van der Waals surface area contributed by atoms with Crippen LogP contribution in [0.3, 0.4) is 0 Å². The zero-order valence-corrected chi connectivity index (χ0v) is 11.2. The molecule has 2 atom stereocenters. The molecule has 1 amide bonds. The number of rotatable bonds is 3. The van der Waals surface area contributed by atoms with Gasteiger partial charge in [0.2, 0.25) is 0 Å². The van der Waals surface area contributed by atoms with Crippen molar-refractivity contribution in [1.29, 1.82) is 0 Å². The highest BCUT2D eigenvalue weighted by Crippen LogP contribution is 2.25. The van der Waals surface area contributed by atoms with Crippen molar-refractivity contribution in [3.05, 3.63) is 39.4 Å². The Morgan fingerprint density at radius 3 is 2.74 bits per heavy atom. The van der Waals surface area contributed by atoms with Crippen LogP contribution in [0.25, 0.3) is 0 Å². The summed E-state index contributed by atoms with van der Waals surface area (Å²) in [4.78, 5) is 22.4. The zero-order chi connectivity index (χ0) is 14.0. The van der Waals surface area contributed by atoms with Crippen LogP contribution in [0.2, 0.25) is 0 Å². The molecule has 1 saturated carbocycles. The molecule has 0 saturated heterocycles. The number of nitro groups is 1. The average Bonchev–Trinajstić information content (AvgIpc) is 2.74. The first-order valence-corrected chi connectivity index (χ1v) is 6.53. The Hall–Kier alpha value is -1.91. The number of hydrogen-bond acceptors (Lipinski definition) is 3. The Kier molecular flexibility index (Phi) is 3.83. The number of non-ortho nitro benzene ring substituents is 1. The molecule has 5 nitrogen and oxygen atoms in total. The number of benzene rings is 1. The number of nitrogens with zero attached hydrogens (tertiary/aromatic N) is 1. The van der Waals surface area contributed by atoms with E-state index in [9.17, 15) is 14.9 Å². The maximum absolute atomic E-state index is 12.2. The highest BCUT2D eigenvalue weighted by molar-refractivity contribution is 5.96. The number of nitrogens with one attached hydrogen (secondary N) is 1. The van der Waals surface area contributed by atoms with Crippen molar-refractivity contribution < 1.29 is 9.72 Å². The van der Waals surface area contributed by atoms with Gasteiger partial charge in [-0.3, -0.25) is 14.9 Å². The van der Waals surface area contributed by atoms with Gasteiger partial charge in [-0.15, -0.1) is 0 Å². The minimum Gasteiger partial charge on any atom is -0.349 e.